The van der Waals surface area contributed by atoms with E-state index in [9.17, 15) is 4.79 Å². The number of nitrogens with zero attached hydrogens (tertiary/aromatic N) is 3. The Hall–Kier alpha value is -2.04. The van der Waals surface area contributed by atoms with Gasteiger partial charge < -0.3 is 5.32 Å². The van der Waals surface area contributed by atoms with Crippen LogP contribution in [-0.4, -0.2) is 21.2 Å². The van der Waals surface area contributed by atoms with Crippen LogP contribution in [0.1, 0.15) is 18.9 Å². The standard InChI is InChI=1S/C13H18N4O/c1-3-6-16-7-8-17(13(16)18)10-11-4-5-15-12(9-11)14-2/h4-5,7-9H,3,6,10H2,1-2H3,(H,14,15). The molecule has 5 nitrogen and oxygen atoms in total. The topological polar surface area (TPSA) is 51.9 Å². The van der Waals surface area contributed by atoms with Crippen molar-refractivity contribution in [1.29, 1.82) is 0 Å². The van der Waals surface area contributed by atoms with Gasteiger partial charge in [-0.3, -0.25) is 9.13 Å². The second-order valence-corrected chi connectivity index (χ2v) is 4.20. The molecule has 96 valence electrons. The van der Waals surface area contributed by atoms with Crippen molar-refractivity contribution in [3.8, 4) is 0 Å². The lowest BCUT2D eigenvalue weighted by atomic mass is 10.2. The third-order valence-electron chi connectivity index (χ3n) is 2.82. The fraction of sp³-hybridized carbons (Fsp3) is 0.385. The number of anilines is 1. The van der Waals surface area contributed by atoms with Crippen molar-refractivity contribution in [2.24, 2.45) is 0 Å². The minimum atomic E-state index is 0.0414. The minimum Gasteiger partial charge on any atom is -0.373 e. The molecule has 5 heteroatoms. The van der Waals surface area contributed by atoms with Crippen molar-refractivity contribution in [2.75, 3.05) is 12.4 Å². The molecule has 0 spiro atoms. The summed E-state index contributed by atoms with van der Waals surface area (Å²) in [6.45, 7) is 3.41. The summed E-state index contributed by atoms with van der Waals surface area (Å²) >= 11 is 0. The van der Waals surface area contributed by atoms with Gasteiger partial charge >= 0.3 is 5.69 Å². The molecule has 0 saturated heterocycles. The Kier molecular flexibility index (Phi) is 3.82. The molecule has 0 bridgehead atoms. The van der Waals surface area contributed by atoms with Crippen LogP contribution >= 0.6 is 0 Å². The van der Waals surface area contributed by atoms with Gasteiger partial charge in [0.15, 0.2) is 0 Å². The first-order chi connectivity index (χ1) is 8.74. The van der Waals surface area contributed by atoms with Crippen LogP contribution in [0.3, 0.4) is 0 Å². The normalized spacial score (nSPS) is 10.6. The van der Waals surface area contributed by atoms with Crippen LogP contribution in [0.4, 0.5) is 5.82 Å². The highest BCUT2D eigenvalue weighted by Crippen LogP contribution is 2.07. The third kappa shape index (κ3) is 2.61. The number of nitrogens with one attached hydrogen (secondary N) is 1. The molecular formula is C13H18N4O. The summed E-state index contributed by atoms with van der Waals surface area (Å²) in [5.74, 6) is 0.813. The van der Waals surface area contributed by atoms with Crippen molar-refractivity contribution in [2.45, 2.75) is 26.4 Å². The first-order valence-corrected chi connectivity index (χ1v) is 6.13. The molecule has 0 aliphatic heterocycles. The molecule has 0 aliphatic carbocycles. The SMILES string of the molecule is CCCn1ccn(Cc2ccnc(NC)c2)c1=O. The minimum absolute atomic E-state index is 0.0414. The largest absolute Gasteiger partial charge is 0.373 e. The lowest BCUT2D eigenvalue weighted by molar-refractivity contribution is 0.624. The van der Waals surface area contributed by atoms with Crippen LogP contribution in [-0.2, 0) is 13.1 Å². The van der Waals surface area contributed by atoms with Crippen LogP contribution < -0.4 is 11.0 Å². The van der Waals surface area contributed by atoms with Crippen molar-refractivity contribution in [3.05, 3.63) is 46.8 Å². The Balaban J connectivity index is 2.20. The number of hydrogen-bond acceptors (Lipinski definition) is 3. The Bertz CT molecular complexity index is 570. The fourth-order valence-electron chi connectivity index (χ4n) is 1.89. The number of pyridine rings is 1. The number of aryl methyl sites for hydroxylation is 1. The Morgan fingerprint density at radius 1 is 1.33 bits per heavy atom. The monoisotopic (exact) mass is 246 g/mol. The zero-order valence-corrected chi connectivity index (χ0v) is 10.8. The van der Waals surface area contributed by atoms with Crippen molar-refractivity contribution in [1.82, 2.24) is 14.1 Å². The highest BCUT2D eigenvalue weighted by molar-refractivity contribution is 5.36. The maximum atomic E-state index is 12.0. The molecule has 0 aliphatic rings. The van der Waals surface area contributed by atoms with Gasteiger partial charge in [-0.15, -0.1) is 0 Å². The fourth-order valence-corrected chi connectivity index (χ4v) is 1.89. The predicted molar refractivity (Wildman–Crippen MR) is 71.9 cm³/mol. The summed E-state index contributed by atoms with van der Waals surface area (Å²) in [7, 11) is 1.83. The van der Waals surface area contributed by atoms with E-state index < -0.39 is 0 Å². The molecule has 2 rings (SSSR count). The van der Waals surface area contributed by atoms with E-state index in [0.717, 1.165) is 24.3 Å². The van der Waals surface area contributed by atoms with E-state index in [-0.39, 0.29) is 5.69 Å². The van der Waals surface area contributed by atoms with Crippen molar-refractivity contribution in [3.63, 3.8) is 0 Å². The highest BCUT2D eigenvalue weighted by Gasteiger charge is 2.03. The van der Waals surface area contributed by atoms with Crippen molar-refractivity contribution < 1.29 is 0 Å². The zero-order valence-electron chi connectivity index (χ0n) is 10.8. The molecule has 2 aromatic rings. The van der Waals surface area contributed by atoms with Crippen LogP contribution in [0.15, 0.2) is 35.5 Å². The molecular weight excluding hydrogens is 228 g/mol. The van der Waals surface area contributed by atoms with E-state index in [1.54, 1.807) is 15.3 Å². The van der Waals surface area contributed by atoms with Gasteiger partial charge in [0.25, 0.3) is 0 Å². The lowest BCUT2D eigenvalue weighted by Crippen LogP contribution is -2.24. The van der Waals surface area contributed by atoms with E-state index >= 15 is 0 Å². The van der Waals surface area contributed by atoms with Crippen LogP contribution in [0, 0.1) is 0 Å². The van der Waals surface area contributed by atoms with Gasteiger partial charge in [-0.2, -0.15) is 0 Å². The van der Waals surface area contributed by atoms with Gasteiger partial charge in [-0.05, 0) is 24.1 Å². The number of hydrogen-bond donors (Lipinski definition) is 1. The highest BCUT2D eigenvalue weighted by atomic mass is 16.1. The van der Waals surface area contributed by atoms with E-state index in [2.05, 4.69) is 17.2 Å². The molecule has 1 N–H and O–H groups in total. The van der Waals surface area contributed by atoms with E-state index in [0.29, 0.717) is 6.54 Å². The predicted octanol–water partition coefficient (Wildman–Crippen LogP) is 1.54. The van der Waals surface area contributed by atoms with Crippen molar-refractivity contribution >= 4 is 5.82 Å². The van der Waals surface area contributed by atoms with E-state index in [1.165, 1.54) is 0 Å². The number of imidazole rings is 1. The molecule has 18 heavy (non-hydrogen) atoms. The second-order valence-electron chi connectivity index (χ2n) is 4.20. The maximum absolute atomic E-state index is 12.0. The lowest BCUT2D eigenvalue weighted by Gasteiger charge is -2.04. The first-order valence-electron chi connectivity index (χ1n) is 6.13. The summed E-state index contributed by atoms with van der Waals surface area (Å²) in [6.07, 6.45) is 6.38. The molecule has 0 radical (unpaired) electrons. The van der Waals surface area contributed by atoms with Gasteiger partial charge in [0.2, 0.25) is 0 Å². The summed E-state index contributed by atoms with van der Waals surface area (Å²) < 4.78 is 3.45. The molecule has 2 aromatic heterocycles. The quantitative estimate of drug-likeness (QED) is 0.870. The van der Waals surface area contributed by atoms with Gasteiger partial charge in [0.1, 0.15) is 5.82 Å². The summed E-state index contributed by atoms with van der Waals surface area (Å²) in [4.78, 5) is 16.2. The second kappa shape index (κ2) is 5.53. The third-order valence-corrected chi connectivity index (χ3v) is 2.82. The smallest absolute Gasteiger partial charge is 0.328 e. The Labute approximate surface area is 106 Å². The van der Waals surface area contributed by atoms with Gasteiger partial charge in [-0.1, -0.05) is 6.92 Å². The Morgan fingerprint density at radius 2 is 2.11 bits per heavy atom. The van der Waals surface area contributed by atoms with E-state index in [4.69, 9.17) is 0 Å². The number of aromatic nitrogens is 3. The maximum Gasteiger partial charge on any atom is 0.328 e. The van der Waals surface area contributed by atoms with Crippen LogP contribution in [0.5, 0.6) is 0 Å². The average molecular weight is 246 g/mol. The molecule has 0 fully saturated rings. The molecule has 0 amide bonds. The van der Waals surface area contributed by atoms with Crippen LogP contribution in [0.25, 0.3) is 0 Å². The number of rotatable bonds is 5. The molecule has 0 saturated carbocycles. The van der Waals surface area contributed by atoms with Crippen LogP contribution in [0.2, 0.25) is 0 Å². The Morgan fingerprint density at radius 3 is 2.83 bits per heavy atom. The average Bonchev–Trinajstić information content (AvgIpc) is 2.72. The molecule has 2 heterocycles. The molecule has 0 aromatic carbocycles. The van der Waals surface area contributed by atoms with Gasteiger partial charge in [0, 0.05) is 32.2 Å². The zero-order chi connectivity index (χ0) is 13.0. The molecule has 0 unspecified atom stereocenters. The van der Waals surface area contributed by atoms with Gasteiger partial charge in [-0.25, -0.2) is 9.78 Å². The summed E-state index contributed by atoms with van der Waals surface area (Å²) in [5.41, 5.74) is 1.10. The van der Waals surface area contributed by atoms with Gasteiger partial charge in [0.05, 0.1) is 6.54 Å². The van der Waals surface area contributed by atoms with E-state index in [1.807, 2.05) is 31.6 Å². The molecule has 0 atom stereocenters. The summed E-state index contributed by atoms with van der Waals surface area (Å²) in [5, 5.41) is 2.99. The first kappa shape index (κ1) is 12.4. The summed E-state index contributed by atoms with van der Waals surface area (Å²) in [6, 6.07) is 3.87.